The summed E-state index contributed by atoms with van der Waals surface area (Å²) < 4.78 is 30.7. The second kappa shape index (κ2) is 8.52. The first-order chi connectivity index (χ1) is 13.7. The van der Waals surface area contributed by atoms with Crippen molar-refractivity contribution in [2.24, 2.45) is 5.14 Å². The van der Waals surface area contributed by atoms with Gasteiger partial charge >= 0.3 is 0 Å². The van der Waals surface area contributed by atoms with E-state index in [-0.39, 0.29) is 22.4 Å². The molecule has 0 saturated carbocycles. The minimum Gasteiger partial charge on any atom is -0.496 e. The fourth-order valence-electron chi connectivity index (χ4n) is 3.58. The molecule has 1 fully saturated rings. The molecule has 9 nitrogen and oxygen atoms in total. The molecule has 2 heterocycles. The number of nitrogens with two attached hydrogens (primary N) is 1. The predicted octanol–water partition coefficient (Wildman–Crippen LogP) is 0.906. The zero-order valence-electron chi connectivity index (χ0n) is 16.9. The van der Waals surface area contributed by atoms with Crippen LogP contribution in [0.2, 0.25) is 0 Å². The third kappa shape index (κ3) is 4.60. The molecule has 2 aromatic rings. The van der Waals surface area contributed by atoms with Crippen molar-refractivity contribution in [2.45, 2.75) is 37.9 Å². The molecule has 0 spiro atoms. The van der Waals surface area contributed by atoms with Crippen LogP contribution < -0.4 is 9.88 Å². The monoisotopic (exact) mass is 421 g/mol. The molecular formula is C19H27N5O4S. The van der Waals surface area contributed by atoms with E-state index in [2.05, 4.69) is 28.3 Å². The quantitative estimate of drug-likeness (QED) is 0.742. The highest BCUT2D eigenvalue weighted by Crippen LogP contribution is 2.25. The van der Waals surface area contributed by atoms with Gasteiger partial charge in [-0.2, -0.15) is 0 Å². The van der Waals surface area contributed by atoms with Crippen LogP contribution in [0.15, 0.2) is 35.5 Å². The van der Waals surface area contributed by atoms with Crippen LogP contribution in [0, 0.1) is 0 Å². The Balaban J connectivity index is 1.75. The number of primary sulfonamides is 1. The summed E-state index contributed by atoms with van der Waals surface area (Å²) >= 11 is 0. The minimum absolute atomic E-state index is 0.111. The number of amides is 1. The molecule has 1 aliphatic heterocycles. The van der Waals surface area contributed by atoms with Crippen LogP contribution in [0.4, 0.5) is 0 Å². The van der Waals surface area contributed by atoms with Gasteiger partial charge in [-0.05, 0) is 32.0 Å². The van der Waals surface area contributed by atoms with Gasteiger partial charge in [0, 0.05) is 44.6 Å². The Morgan fingerprint density at radius 3 is 2.72 bits per heavy atom. The van der Waals surface area contributed by atoms with Gasteiger partial charge < -0.3 is 14.2 Å². The summed E-state index contributed by atoms with van der Waals surface area (Å²) in [6.45, 7) is 7.47. The Bertz CT molecular complexity index is 988. The van der Waals surface area contributed by atoms with E-state index in [1.54, 1.807) is 11.1 Å². The molecule has 1 saturated heterocycles. The smallest absolute Gasteiger partial charge is 0.257 e. The molecule has 1 unspecified atom stereocenters. The zero-order chi connectivity index (χ0) is 21.2. The molecule has 1 aromatic heterocycles. The maximum Gasteiger partial charge on any atom is 0.257 e. The highest BCUT2D eigenvalue weighted by molar-refractivity contribution is 7.89. The number of aryl methyl sites for hydroxylation is 1. The average Bonchev–Trinajstić information content (AvgIpc) is 3.15. The molecule has 0 bridgehead atoms. The molecule has 0 radical (unpaired) electrons. The number of carbonyl (C=O) groups excluding carboxylic acids is 1. The van der Waals surface area contributed by atoms with Gasteiger partial charge in [0.05, 0.1) is 24.1 Å². The van der Waals surface area contributed by atoms with Crippen LogP contribution in [-0.2, 0) is 23.1 Å². The first kappa shape index (κ1) is 21.3. The zero-order valence-corrected chi connectivity index (χ0v) is 17.7. The normalized spacial score (nSPS) is 18.1. The van der Waals surface area contributed by atoms with Crippen LogP contribution in [-0.4, -0.2) is 66.5 Å². The topological polar surface area (TPSA) is 111 Å². The Morgan fingerprint density at radius 1 is 1.34 bits per heavy atom. The van der Waals surface area contributed by atoms with Gasteiger partial charge in [0.1, 0.15) is 11.6 Å². The number of benzene rings is 1. The standard InChI is InChI=1S/C19H27N5O4S/c1-4-22-8-7-21-18(22)13-23-9-10-24(12-14(23)2)19(25)16-11-15(29(20,26)27)5-6-17(16)28-3/h5-8,11,14H,4,9-10,12-13H2,1-3H3,(H2,20,26,27). The number of piperazine rings is 1. The molecule has 3 rings (SSSR count). The van der Waals surface area contributed by atoms with E-state index in [0.717, 1.165) is 12.4 Å². The van der Waals surface area contributed by atoms with Gasteiger partial charge in [-0.1, -0.05) is 0 Å². The minimum atomic E-state index is -3.91. The fraction of sp³-hybridized carbons (Fsp3) is 0.474. The second-order valence-corrected chi connectivity index (χ2v) is 8.67. The average molecular weight is 422 g/mol. The van der Waals surface area contributed by atoms with E-state index in [9.17, 15) is 13.2 Å². The van der Waals surface area contributed by atoms with Crippen LogP contribution >= 0.6 is 0 Å². The summed E-state index contributed by atoms with van der Waals surface area (Å²) in [5.74, 6) is 1.05. The van der Waals surface area contributed by atoms with Crippen LogP contribution in [0.1, 0.15) is 30.0 Å². The molecule has 1 atom stereocenters. The lowest BCUT2D eigenvalue weighted by Gasteiger charge is -2.39. The third-order valence-electron chi connectivity index (χ3n) is 5.27. The lowest BCUT2D eigenvalue weighted by Crippen LogP contribution is -2.53. The first-order valence-electron chi connectivity index (χ1n) is 9.48. The van der Waals surface area contributed by atoms with Crippen molar-refractivity contribution >= 4 is 15.9 Å². The maximum atomic E-state index is 13.1. The maximum absolute atomic E-state index is 13.1. The van der Waals surface area contributed by atoms with E-state index in [0.29, 0.717) is 31.9 Å². The van der Waals surface area contributed by atoms with E-state index in [1.807, 2.05) is 6.20 Å². The SMILES string of the molecule is CCn1ccnc1CN1CCN(C(=O)c2cc(S(N)(=O)=O)ccc2OC)CC1C. The van der Waals surface area contributed by atoms with E-state index in [4.69, 9.17) is 9.88 Å². The van der Waals surface area contributed by atoms with E-state index in [1.165, 1.54) is 25.3 Å². The molecule has 29 heavy (non-hydrogen) atoms. The first-order valence-corrected chi connectivity index (χ1v) is 11.0. The van der Waals surface area contributed by atoms with Gasteiger partial charge in [-0.15, -0.1) is 0 Å². The summed E-state index contributed by atoms with van der Waals surface area (Å²) in [7, 11) is -2.47. The Hall–Kier alpha value is -2.43. The van der Waals surface area contributed by atoms with E-state index < -0.39 is 10.0 Å². The van der Waals surface area contributed by atoms with Gasteiger partial charge in [0.2, 0.25) is 10.0 Å². The second-order valence-electron chi connectivity index (χ2n) is 7.11. The van der Waals surface area contributed by atoms with Gasteiger partial charge in [-0.25, -0.2) is 18.5 Å². The highest BCUT2D eigenvalue weighted by atomic mass is 32.2. The molecule has 10 heteroatoms. The number of hydrogen-bond donors (Lipinski definition) is 1. The van der Waals surface area contributed by atoms with Crippen molar-refractivity contribution in [3.8, 4) is 5.75 Å². The Kier molecular flexibility index (Phi) is 6.25. The van der Waals surface area contributed by atoms with Crippen LogP contribution in [0.25, 0.3) is 0 Å². The number of imidazole rings is 1. The van der Waals surface area contributed by atoms with Crippen molar-refractivity contribution in [3.63, 3.8) is 0 Å². The number of hydrogen-bond acceptors (Lipinski definition) is 6. The number of carbonyl (C=O) groups is 1. The summed E-state index contributed by atoms with van der Waals surface area (Å²) in [6, 6.07) is 4.20. The lowest BCUT2D eigenvalue weighted by atomic mass is 10.1. The molecule has 2 N–H and O–H groups in total. The van der Waals surface area contributed by atoms with Crippen molar-refractivity contribution in [2.75, 3.05) is 26.7 Å². The predicted molar refractivity (Wildman–Crippen MR) is 108 cm³/mol. The molecule has 1 amide bonds. The number of aromatic nitrogens is 2. The number of sulfonamides is 1. The van der Waals surface area contributed by atoms with Gasteiger partial charge in [0.15, 0.2) is 0 Å². The summed E-state index contributed by atoms with van der Waals surface area (Å²) in [5.41, 5.74) is 0.196. The Labute approximate surface area is 171 Å². The number of nitrogens with zero attached hydrogens (tertiary/aromatic N) is 4. The molecule has 1 aliphatic rings. The van der Waals surface area contributed by atoms with E-state index >= 15 is 0 Å². The summed E-state index contributed by atoms with van der Waals surface area (Å²) in [6.07, 6.45) is 3.76. The van der Waals surface area contributed by atoms with Crippen molar-refractivity contribution in [3.05, 3.63) is 42.0 Å². The van der Waals surface area contributed by atoms with Gasteiger partial charge in [-0.3, -0.25) is 9.69 Å². The molecular weight excluding hydrogens is 394 g/mol. The third-order valence-corrected chi connectivity index (χ3v) is 6.18. The fourth-order valence-corrected chi connectivity index (χ4v) is 4.12. The summed E-state index contributed by atoms with van der Waals surface area (Å²) in [4.78, 5) is 21.4. The summed E-state index contributed by atoms with van der Waals surface area (Å²) in [5, 5.41) is 5.22. The van der Waals surface area contributed by atoms with Crippen molar-refractivity contribution in [1.82, 2.24) is 19.4 Å². The van der Waals surface area contributed by atoms with Crippen molar-refractivity contribution < 1.29 is 17.9 Å². The largest absolute Gasteiger partial charge is 0.496 e. The van der Waals surface area contributed by atoms with Crippen LogP contribution in [0.3, 0.4) is 0 Å². The van der Waals surface area contributed by atoms with Crippen LogP contribution in [0.5, 0.6) is 5.75 Å². The van der Waals surface area contributed by atoms with Crippen molar-refractivity contribution in [1.29, 1.82) is 0 Å². The number of rotatable bonds is 6. The Morgan fingerprint density at radius 2 is 2.10 bits per heavy atom. The molecule has 158 valence electrons. The number of ether oxygens (including phenoxy) is 1. The van der Waals surface area contributed by atoms with Gasteiger partial charge in [0.25, 0.3) is 5.91 Å². The highest BCUT2D eigenvalue weighted by Gasteiger charge is 2.30. The molecule has 0 aliphatic carbocycles. The molecule has 1 aromatic carbocycles. The number of methoxy groups -OCH3 is 1. The lowest BCUT2D eigenvalue weighted by molar-refractivity contribution is 0.0483.